The number of benzene rings is 2. The van der Waals surface area contributed by atoms with Crippen molar-refractivity contribution in [2.24, 2.45) is 0 Å². The van der Waals surface area contributed by atoms with Gasteiger partial charge in [-0.1, -0.05) is 30.3 Å². The van der Waals surface area contributed by atoms with Crippen LogP contribution in [0, 0.1) is 6.92 Å². The minimum absolute atomic E-state index is 0.417. The molecule has 23 heavy (non-hydrogen) atoms. The Labute approximate surface area is 136 Å². The van der Waals surface area contributed by atoms with Crippen LogP contribution in [0.15, 0.2) is 48.5 Å². The molecule has 0 aliphatic rings. The molecule has 1 N–H and O–H groups in total. The van der Waals surface area contributed by atoms with Crippen molar-refractivity contribution >= 4 is 11.5 Å². The molecule has 2 aromatic rings. The van der Waals surface area contributed by atoms with E-state index in [1.807, 2.05) is 49.4 Å². The summed E-state index contributed by atoms with van der Waals surface area (Å²) in [6.45, 7) is 4.09. The molecule has 0 aromatic heterocycles. The van der Waals surface area contributed by atoms with Crippen molar-refractivity contribution in [3.63, 3.8) is 0 Å². The molecule has 0 unspecified atom stereocenters. The molecule has 0 saturated carbocycles. The largest absolute Gasteiger partial charge is 0.496 e. The number of hydrogen-bond donors (Lipinski definition) is 1. The SMILES string of the molecule is COc1cc(/C(C)=C/C(=O)O)c(OCc2ccccc2)cc1C. The van der Waals surface area contributed by atoms with Crippen molar-refractivity contribution in [1.82, 2.24) is 0 Å². The molecule has 0 spiro atoms. The Morgan fingerprint density at radius 1 is 1.17 bits per heavy atom. The molecule has 0 fully saturated rings. The number of carboxylic acids is 1. The van der Waals surface area contributed by atoms with Crippen LogP contribution in [0.3, 0.4) is 0 Å². The van der Waals surface area contributed by atoms with Crippen molar-refractivity contribution in [1.29, 1.82) is 0 Å². The molecule has 0 aliphatic carbocycles. The average molecular weight is 312 g/mol. The van der Waals surface area contributed by atoms with Crippen molar-refractivity contribution in [2.45, 2.75) is 20.5 Å². The van der Waals surface area contributed by atoms with Gasteiger partial charge in [0.1, 0.15) is 18.1 Å². The third-order valence-corrected chi connectivity index (χ3v) is 3.50. The Bertz CT molecular complexity index is 718. The molecule has 0 saturated heterocycles. The van der Waals surface area contributed by atoms with E-state index in [1.165, 1.54) is 6.08 Å². The maximum Gasteiger partial charge on any atom is 0.328 e. The van der Waals surface area contributed by atoms with E-state index in [-0.39, 0.29) is 0 Å². The highest BCUT2D eigenvalue weighted by Crippen LogP contribution is 2.33. The number of hydrogen-bond acceptors (Lipinski definition) is 3. The number of aliphatic carboxylic acids is 1. The van der Waals surface area contributed by atoms with E-state index < -0.39 is 5.97 Å². The van der Waals surface area contributed by atoms with Crippen molar-refractivity contribution in [3.05, 3.63) is 65.2 Å². The minimum Gasteiger partial charge on any atom is -0.496 e. The van der Waals surface area contributed by atoms with Crippen LogP contribution in [0.25, 0.3) is 5.57 Å². The van der Waals surface area contributed by atoms with Crippen LogP contribution >= 0.6 is 0 Å². The monoisotopic (exact) mass is 312 g/mol. The number of methoxy groups -OCH3 is 1. The van der Waals surface area contributed by atoms with Crippen molar-refractivity contribution in [3.8, 4) is 11.5 Å². The smallest absolute Gasteiger partial charge is 0.328 e. The van der Waals surface area contributed by atoms with Gasteiger partial charge in [0.05, 0.1) is 7.11 Å². The van der Waals surface area contributed by atoms with Crippen LogP contribution in [-0.4, -0.2) is 18.2 Å². The zero-order chi connectivity index (χ0) is 16.8. The normalized spacial score (nSPS) is 11.2. The fourth-order valence-corrected chi connectivity index (χ4v) is 2.31. The summed E-state index contributed by atoms with van der Waals surface area (Å²) in [7, 11) is 1.59. The van der Waals surface area contributed by atoms with E-state index >= 15 is 0 Å². The average Bonchev–Trinajstić information content (AvgIpc) is 2.53. The van der Waals surface area contributed by atoms with Crippen molar-refractivity contribution in [2.75, 3.05) is 7.11 Å². The Morgan fingerprint density at radius 2 is 1.87 bits per heavy atom. The zero-order valence-corrected chi connectivity index (χ0v) is 13.5. The molecule has 0 heterocycles. The summed E-state index contributed by atoms with van der Waals surface area (Å²) >= 11 is 0. The molecular weight excluding hydrogens is 292 g/mol. The van der Waals surface area contributed by atoms with Gasteiger partial charge in [-0.05, 0) is 42.7 Å². The lowest BCUT2D eigenvalue weighted by molar-refractivity contribution is -0.131. The fourth-order valence-electron chi connectivity index (χ4n) is 2.31. The highest BCUT2D eigenvalue weighted by atomic mass is 16.5. The topological polar surface area (TPSA) is 55.8 Å². The maximum atomic E-state index is 10.9. The summed E-state index contributed by atoms with van der Waals surface area (Å²) in [4.78, 5) is 10.9. The quantitative estimate of drug-likeness (QED) is 0.817. The van der Waals surface area contributed by atoms with E-state index in [1.54, 1.807) is 14.0 Å². The predicted molar refractivity (Wildman–Crippen MR) is 89.8 cm³/mol. The Kier molecular flexibility index (Phi) is 5.41. The van der Waals surface area contributed by atoms with E-state index in [2.05, 4.69) is 0 Å². The third-order valence-electron chi connectivity index (χ3n) is 3.50. The highest BCUT2D eigenvalue weighted by Gasteiger charge is 2.12. The fraction of sp³-hybridized carbons (Fsp3) is 0.211. The molecule has 0 atom stereocenters. The lowest BCUT2D eigenvalue weighted by atomic mass is 10.0. The first kappa shape index (κ1) is 16.6. The van der Waals surface area contributed by atoms with Gasteiger partial charge in [-0.3, -0.25) is 0 Å². The Morgan fingerprint density at radius 3 is 2.48 bits per heavy atom. The van der Waals surface area contributed by atoms with Crippen LogP contribution in [0.4, 0.5) is 0 Å². The number of carbonyl (C=O) groups is 1. The van der Waals surface area contributed by atoms with Crippen molar-refractivity contribution < 1.29 is 19.4 Å². The van der Waals surface area contributed by atoms with E-state index in [0.29, 0.717) is 29.2 Å². The molecule has 120 valence electrons. The van der Waals surface area contributed by atoms with Gasteiger partial charge in [-0.15, -0.1) is 0 Å². The van der Waals surface area contributed by atoms with Crippen LogP contribution in [0.1, 0.15) is 23.6 Å². The number of rotatable bonds is 6. The summed E-state index contributed by atoms with van der Waals surface area (Å²) < 4.78 is 11.2. The van der Waals surface area contributed by atoms with Gasteiger partial charge in [-0.2, -0.15) is 0 Å². The summed E-state index contributed by atoms with van der Waals surface area (Å²) in [5.41, 5.74) is 3.30. The highest BCUT2D eigenvalue weighted by molar-refractivity contribution is 5.90. The minimum atomic E-state index is -0.990. The molecule has 0 aliphatic heterocycles. The Hall–Kier alpha value is -2.75. The number of carboxylic acid groups (broad SMARTS) is 1. The van der Waals surface area contributed by atoms with E-state index in [9.17, 15) is 4.79 Å². The molecule has 0 bridgehead atoms. The van der Waals surface area contributed by atoms with Gasteiger partial charge in [0.15, 0.2) is 0 Å². The van der Waals surface area contributed by atoms with Gasteiger partial charge in [0, 0.05) is 11.6 Å². The molecule has 2 aromatic carbocycles. The number of aryl methyl sites for hydroxylation is 1. The summed E-state index contributed by atoms with van der Waals surface area (Å²) in [6, 6.07) is 13.5. The zero-order valence-electron chi connectivity index (χ0n) is 13.5. The van der Waals surface area contributed by atoms with Gasteiger partial charge in [0.2, 0.25) is 0 Å². The standard InChI is InChI=1S/C19H20O4/c1-13(10-19(20)21)16-11-17(22-3)14(2)9-18(16)23-12-15-7-5-4-6-8-15/h4-11H,12H2,1-3H3,(H,20,21)/b13-10+. The third kappa shape index (κ3) is 4.36. The molecule has 0 amide bonds. The maximum absolute atomic E-state index is 10.9. The lowest BCUT2D eigenvalue weighted by Gasteiger charge is -2.15. The summed E-state index contributed by atoms with van der Waals surface area (Å²) in [5.74, 6) is 0.350. The first-order valence-electron chi connectivity index (χ1n) is 7.28. The molecule has 4 heteroatoms. The summed E-state index contributed by atoms with van der Waals surface area (Å²) in [6.07, 6.45) is 1.17. The second kappa shape index (κ2) is 7.49. The predicted octanol–water partition coefficient (Wildman–Crippen LogP) is 4.07. The molecule has 2 rings (SSSR count). The van der Waals surface area contributed by atoms with Gasteiger partial charge in [-0.25, -0.2) is 4.79 Å². The second-order valence-electron chi connectivity index (χ2n) is 5.26. The van der Waals surface area contributed by atoms with Crippen LogP contribution in [0.2, 0.25) is 0 Å². The first-order chi connectivity index (χ1) is 11.0. The Balaban J connectivity index is 2.36. The lowest BCUT2D eigenvalue weighted by Crippen LogP contribution is -2.00. The van der Waals surface area contributed by atoms with Crippen LogP contribution in [0.5, 0.6) is 11.5 Å². The molecule has 4 nitrogen and oxygen atoms in total. The van der Waals surface area contributed by atoms with E-state index in [0.717, 1.165) is 11.1 Å². The number of allylic oxidation sites excluding steroid dienone is 1. The molecular formula is C19H20O4. The van der Waals surface area contributed by atoms with E-state index in [4.69, 9.17) is 14.6 Å². The first-order valence-corrected chi connectivity index (χ1v) is 7.28. The summed E-state index contributed by atoms with van der Waals surface area (Å²) in [5, 5.41) is 8.98. The van der Waals surface area contributed by atoms with Gasteiger partial charge in [0.25, 0.3) is 0 Å². The van der Waals surface area contributed by atoms with Crippen LogP contribution < -0.4 is 9.47 Å². The van der Waals surface area contributed by atoms with Gasteiger partial charge < -0.3 is 14.6 Å². The van der Waals surface area contributed by atoms with Crippen LogP contribution in [-0.2, 0) is 11.4 Å². The number of ether oxygens (including phenoxy) is 2. The second-order valence-corrected chi connectivity index (χ2v) is 5.26. The molecule has 0 radical (unpaired) electrons. The van der Waals surface area contributed by atoms with Gasteiger partial charge >= 0.3 is 5.97 Å².